The second-order valence-electron chi connectivity index (χ2n) is 4.94. The van der Waals surface area contributed by atoms with E-state index in [1.165, 1.54) is 5.56 Å². The minimum absolute atomic E-state index is 0.468. The summed E-state index contributed by atoms with van der Waals surface area (Å²) in [5.41, 5.74) is 3.59. The Balaban J connectivity index is 2.00. The molecule has 4 nitrogen and oxygen atoms in total. The van der Waals surface area contributed by atoms with Crippen molar-refractivity contribution in [3.63, 3.8) is 0 Å². The molecule has 108 valence electrons. The maximum absolute atomic E-state index is 5.91. The summed E-state index contributed by atoms with van der Waals surface area (Å²) in [6, 6.07) is 4.27. The largest absolute Gasteiger partial charge is 0.486 e. The highest BCUT2D eigenvalue weighted by Gasteiger charge is 2.08. The zero-order valence-corrected chi connectivity index (χ0v) is 13.3. The smallest absolute Gasteiger partial charge is 0.205 e. The number of aromatic nitrogens is 2. The van der Waals surface area contributed by atoms with Crippen molar-refractivity contribution < 1.29 is 4.74 Å². The van der Waals surface area contributed by atoms with Gasteiger partial charge in [0, 0.05) is 6.54 Å². The fraction of sp³-hybridized carbons (Fsp3) is 0.467. The summed E-state index contributed by atoms with van der Waals surface area (Å²) < 4.78 is 5.91. The number of benzene rings is 1. The minimum atomic E-state index is 0.468. The maximum atomic E-state index is 5.91. The van der Waals surface area contributed by atoms with Crippen LogP contribution in [0.4, 0.5) is 5.13 Å². The van der Waals surface area contributed by atoms with E-state index in [2.05, 4.69) is 55.3 Å². The first kappa shape index (κ1) is 14.8. The van der Waals surface area contributed by atoms with Crippen LogP contribution in [0.5, 0.6) is 5.75 Å². The lowest BCUT2D eigenvalue weighted by molar-refractivity contribution is 0.300. The first-order valence-electron chi connectivity index (χ1n) is 6.87. The van der Waals surface area contributed by atoms with E-state index in [1.807, 2.05) is 0 Å². The van der Waals surface area contributed by atoms with Gasteiger partial charge < -0.3 is 10.1 Å². The second kappa shape index (κ2) is 6.70. The van der Waals surface area contributed by atoms with Crippen molar-refractivity contribution in [2.75, 3.05) is 11.9 Å². The van der Waals surface area contributed by atoms with Crippen molar-refractivity contribution in [3.05, 3.63) is 33.8 Å². The minimum Gasteiger partial charge on any atom is -0.486 e. The van der Waals surface area contributed by atoms with Gasteiger partial charge in [-0.25, -0.2) is 0 Å². The van der Waals surface area contributed by atoms with Crippen LogP contribution in [0.2, 0.25) is 0 Å². The van der Waals surface area contributed by atoms with Gasteiger partial charge in [0.1, 0.15) is 12.4 Å². The molecule has 0 unspecified atom stereocenters. The summed E-state index contributed by atoms with van der Waals surface area (Å²) in [5, 5.41) is 13.2. The van der Waals surface area contributed by atoms with Gasteiger partial charge in [0.2, 0.25) is 5.13 Å². The van der Waals surface area contributed by atoms with Gasteiger partial charge in [-0.15, -0.1) is 10.2 Å². The Kier molecular flexibility index (Phi) is 4.95. The average Bonchev–Trinajstić information content (AvgIpc) is 2.83. The van der Waals surface area contributed by atoms with Crippen LogP contribution >= 0.6 is 11.3 Å². The zero-order valence-electron chi connectivity index (χ0n) is 12.5. The Morgan fingerprint density at radius 1 is 1.15 bits per heavy atom. The van der Waals surface area contributed by atoms with Gasteiger partial charge in [-0.05, 0) is 38.3 Å². The van der Waals surface area contributed by atoms with Crippen molar-refractivity contribution >= 4 is 16.5 Å². The summed E-state index contributed by atoms with van der Waals surface area (Å²) in [6.45, 7) is 9.76. The Morgan fingerprint density at radius 2 is 1.85 bits per heavy atom. The Labute approximate surface area is 124 Å². The molecule has 0 amide bonds. The summed E-state index contributed by atoms with van der Waals surface area (Å²) in [6.07, 6.45) is 1.08. The number of anilines is 1. The van der Waals surface area contributed by atoms with Gasteiger partial charge in [-0.2, -0.15) is 0 Å². The van der Waals surface area contributed by atoms with Gasteiger partial charge >= 0.3 is 0 Å². The molecule has 1 heterocycles. The van der Waals surface area contributed by atoms with Crippen molar-refractivity contribution in [1.82, 2.24) is 10.2 Å². The highest BCUT2D eigenvalue weighted by Crippen LogP contribution is 2.26. The van der Waals surface area contributed by atoms with Crippen molar-refractivity contribution in [3.8, 4) is 5.75 Å². The van der Waals surface area contributed by atoms with E-state index in [0.29, 0.717) is 6.61 Å². The number of hydrogen-bond donors (Lipinski definition) is 1. The van der Waals surface area contributed by atoms with E-state index in [1.54, 1.807) is 11.3 Å². The van der Waals surface area contributed by atoms with Gasteiger partial charge in [0.25, 0.3) is 0 Å². The number of nitrogens with zero attached hydrogens (tertiary/aromatic N) is 2. The molecule has 0 spiro atoms. The molecule has 0 aliphatic heterocycles. The molecule has 1 N–H and O–H groups in total. The molecule has 20 heavy (non-hydrogen) atoms. The predicted molar refractivity (Wildman–Crippen MR) is 83.7 cm³/mol. The summed E-state index contributed by atoms with van der Waals surface area (Å²) in [5.74, 6) is 0.953. The van der Waals surface area contributed by atoms with E-state index in [4.69, 9.17) is 4.74 Å². The fourth-order valence-corrected chi connectivity index (χ4v) is 2.82. The highest BCUT2D eigenvalue weighted by molar-refractivity contribution is 7.15. The lowest BCUT2D eigenvalue weighted by Gasteiger charge is -2.11. The van der Waals surface area contributed by atoms with Gasteiger partial charge in [0.05, 0.1) is 0 Å². The van der Waals surface area contributed by atoms with Crippen LogP contribution in [0, 0.1) is 20.8 Å². The van der Waals surface area contributed by atoms with Crippen LogP contribution in [0.1, 0.15) is 35.0 Å². The molecule has 0 saturated heterocycles. The molecule has 1 aromatic heterocycles. The Bertz CT molecular complexity index is 557. The molecule has 0 fully saturated rings. The molecule has 0 bridgehead atoms. The molecule has 0 saturated carbocycles. The lowest BCUT2D eigenvalue weighted by atomic mass is 10.1. The van der Waals surface area contributed by atoms with Crippen LogP contribution in [-0.2, 0) is 6.61 Å². The average molecular weight is 291 g/mol. The number of rotatable bonds is 6. The molecule has 0 aliphatic rings. The first-order chi connectivity index (χ1) is 9.60. The molecule has 5 heteroatoms. The topological polar surface area (TPSA) is 47.0 Å². The van der Waals surface area contributed by atoms with E-state index in [-0.39, 0.29) is 0 Å². The SMILES string of the molecule is CCCNc1nnc(COc2c(C)cc(C)cc2C)s1. The van der Waals surface area contributed by atoms with Crippen molar-refractivity contribution in [1.29, 1.82) is 0 Å². The zero-order chi connectivity index (χ0) is 14.5. The third-order valence-corrected chi connectivity index (χ3v) is 3.79. The Morgan fingerprint density at radius 3 is 2.50 bits per heavy atom. The summed E-state index contributed by atoms with van der Waals surface area (Å²) >= 11 is 1.55. The van der Waals surface area contributed by atoms with Crippen molar-refractivity contribution in [2.45, 2.75) is 40.7 Å². The van der Waals surface area contributed by atoms with Crippen LogP contribution in [0.25, 0.3) is 0 Å². The summed E-state index contributed by atoms with van der Waals surface area (Å²) in [7, 11) is 0. The molecular weight excluding hydrogens is 270 g/mol. The van der Waals surface area contributed by atoms with E-state index >= 15 is 0 Å². The van der Waals surface area contributed by atoms with Crippen LogP contribution in [0.3, 0.4) is 0 Å². The van der Waals surface area contributed by atoms with Gasteiger partial charge in [-0.3, -0.25) is 0 Å². The normalized spacial score (nSPS) is 10.6. The fourth-order valence-electron chi connectivity index (χ4n) is 2.14. The molecule has 0 radical (unpaired) electrons. The predicted octanol–water partition coefficient (Wildman–Crippen LogP) is 3.86. The quantitative estimate of drug-likeness (QED) is 0.877. The molecule has 1 aromatic carbocycles. The second-order valence-corrected chi connectivity index (χ2v) is 6.01. The van der Waals surface area contributed by atoms with Crippen LogP contribution in [0.15, 0.2) is 12.1 Å². The third-order valence-electron chi connectivity index (χ3n) is 2.94. The van der Waals surface area contributed by atoms with E-state index in [9.17, 15) is 0 Å². The summed E-state index contributed by atoms with van der Waals surface area (Å²) in [4.78, 5) is 0. The monoisotopic (exact) mass is 291 g/mol. The third kappa shape index (κ3) is 3.70. The van der Waals surface area contributed by atoms with Gasteiger partial charge in [0.15, 0.2) is 5.01 Å². The number of hydrogen-bond acceptors (Lipinski definition) is 5. The first-order valence-corrected chi connectivity index (χ1v) is 7.68. The van der Waals surface area contributed by atoms with E-state index < -0.39 is 0 Å². The Hall–Kier alpha value is -1.62. The van der Waals surface area contributed by atoms with Crippen LogP contribution < -0.4 is 10.1 Å². The number of ether oxygens (including phenoxy) is 1. The number of aryl methyl sites for hydroxylation is 3. The number of nitrogens with one attached hydrogen (secondary N) is 1. The standard InChI is InChI=1S/C15H21N3OS/c1-5-6-16-15-18-17-13(20-15)9-19-14-11(3)7-10(2)8-12(14)4/h7-8H,5-6,9H2,1-4H3,(H,16,18). The molecule has 0 atom stereocenters. The maximum Gasteiger partial charge on any atom is 0.205 e. The van der Waals surface area contributed by atoms with E-state index in [0.717, 1.165) is 40.0 Å². The molecular formula is C15H21N3OS. The van der Waals surface area contributed by atoms with Gasteiger partial charge in [-0.1, -0.05) is 36.0 Å². The molecule has 2 rings (SSSR count). The molecule has 2 aromatic rings. The lowest BCUT2D eigenvalue weighted by Crippen LogP contribution is -1.99. The van der Waals surface area contributed by atoms with Crippen LogP contribution in [-0.4, -0.2) is 16.7 Å². The highest BCUT2D eigenvalue weighted by atomic mass is 32.1. The molecule has 0 aliphatic carbocycles. The van der Waals surface area contributed by atoms with Crippen molar-refractivity contribution in [2.24, 2.45) is 0 Å².